The molecule has 6 heteroatoms. The lowest BCUT2D eigenvalue weighted by Gasteiger charge is -2.73. The van der Waals surface area contributed by atoms with Crippen LogP contribution in [0.4, 0.5) is 0 Å². The van der Waals surface area contributed by atoms with E-state index < -0.39 is 37.3 Å². The van der Waals surface area contributed by atoms with Gasteiger partial charge in [0.2, 0.25) is 0 Å². The molecule has 0 aromatic carbocycles. The summed E-state index contributed by atoms with van der Waals surface area (Å²) in [5.41, 5.74) is 2.61. The first-order chi connectivity index (χ1) is 19.5. The summed E-state index contributed by atoms with van der Waals surface area (Å²) in [5.74, 6) is 3.39. The minimum Gasteiger partial charge on any atom is -0.394 e. The summed E-state index contributed by atoms with van der Waals surface area (Å²) in [6, 6.07) is 0. The number of aliphatic hydroxyl groups is 4. The maximum absolute atomic E-state index is 10.7. The molecule has 6 fully saturated rings. The number of ether oxygens (including phenoxy) is 2. The fourth-order valence-corrected chi connectivity index (χ4v) is 13.1. The van der Waals surface area contributed by atoms with Gasteiger partial charge in [0.05, 0.1) is 12.7 Å². The zero-order chi connectivity index (χ0) is 30.6. The fraction of sp³-hybridized carbons (Fsp3) is 0.944. The Labute approximate surface area is 254 Å². The second-order valence-electron chi connectivity index (χ2n) is 17.5. The van der Waals surface area contributed by atoms with E-state index in [1.165, 1.54) is 56.9 Å². The highest BCUT2D eigenvalue weighted by Crippen LogP contribution is 2.77. The van der Waals surface area contributed by atoms with Crippen LogP contribution in [0.5, 0.6) is 0 Å². The SMILES string of the molecule is C=C(C)[C@@H]1CCC2(C)CC[C@]3(C)C(CCC4[C@@]5(C)CC[C@H](O[C@@H]6O[C@H](CO)[C@@H](O)[C@H](O)[C@H]6O)C(C)(C)C5CC[C@]43C)C12. The van der Waals surface area contributed by atoms with E-state index in [1.54, 1.807) is 0 Å². The van der Waals surface area contributed by atoms with Gasteiger partial charge >= 0.3 is 0 Å². The fourth-order valence-electron chi connectivity index (χ4n) is 13.1. The van der Waals surface area contributed by atoms with Crippen LogP contribution in [-0.4, -0.2) is 63.8 Å². The van der Waals surface area contributed by atoms with Crippen molar-refractivity contribution in [2.24, 2.45) is 56.7 Å². The molecule has 0 aromatic rings. The predicted octanol–water partition coefficient (Wildman–Crippen LogP) is 5.85. The summed E-state index contributed by atoms with van der Waals surface area (Å²) in [4.78, 5) is 0. The molecule has 6 rings (SSSR count). The Morgan fingerprint density at radius 3 is 2.17 bits per heavy atom. The Morgan fingerprint density at radius 2 is 1.50 bits per heavy atom. The summed E-state index contributed by atoms with van der Waals surface area (Å²) in [6.07, 6.45) is 6.16. The summed E-state index contributed by atoms with van der Waals surface area (Å²) in [5, 5.41) is 41.0. The van der Waals surface area contributed by atoms with Crippen LogP contribution >= 0.6 is 0 Å². The molecule has 240 valence electrons. The molecule has 1 heterocycles. The van der Waals surface area contributed by atoms with Gasteiger partial charge in [-0.15, -0.1) is 0 Å². The van der Waals surface area contributed by atoms with Crippen LogP contribution in [0.1, 0.15) is 113 Å². The second-order valence-corrected chi connectivity index (χ2v) is 17.5. The lowest BCUT2D eigenvalue weighted by atomic mass is 9.32. The van der Waals surface area contributed by atoms with E-state index in [0.717, 1.165) is 24.7 Å². The number of fused-ring (bicyclic) bond motifs is 7. The first kappa shape index (κ1) is 31.5. The molecule has 15 atom stereocenters. The third-order valence-corrected chi connectivity index (χ3v) is 15.6. The number of hydrogen-bond acceptors (Lipinski definition) is 6. The van der Waals surface area contributed by atoms with E-state index in [0.29, 0.717) is 34.0 Å². The topological polar surface area (TPSA) is 99.4 Å². The second kappa shape index (κ2) is 10.3. The van der Waals surface area contributed by atoms with E-state index in [2.05, 4.69) is 55.0 Å². The molecule has 0 aromatic heterocycles. The van der Waals surface area contributed by atoms with Crippen LogP contribution in [0.3, 0.4) is 0 Å². The van der Waals surface area contributed by atoms with E-state index in [9.17, 15) is 20.4 Å². The van der Waals surface area contributed by atoms with Crippen molar-refractivity contribution in [1.29, 1.82) is 0 Å². The van der Waals surface area contributed by atoms with Gasteiger partial charge in [0.1, 0.15) is 24.4 Å². The van der Waals surface area contributed by atoms with Gasteiger partial charge in [-0.3, -0.25) is 0 Å². The van der Waals surface area contributed by atoms with E-state index in [4.69, 9.17) is 9.47 Å². The summed E-state index contributed by atoms with van der Waals surface area (Å²) >= 11 is 0. The molecule has 0 radical (unpaired) electrons. The van der Waals surface area contributed by atoms with Gasteiger partial charge in [-0.05, 0) is 128 Å². The van der Waals surface area contributed by atoms with Crippen molar-refractivity contribution in [2.75, 3.05) is 6.61 Å². The average Bonchev–Trinajstić information content (AvgIpc) is 3.28. The predicted molar refractivity (Wildman–Crippen MR) is 163 cm³/mol. The quantitative estimate of drug-likeness (QED) is 0.243. The highest BCUT2D eigenvalue weighted by Gasteiger charge is 2.70. The third kappa shape index (κ3) is 4.17. The Morgan fingerprint density at radius 1 is 0.786 bits per heavy atom. The maximum Gasteiger partial charge on any atom is 0.186 e. The first-order valence-electron chi connectivity index (χ1n) is 17.2. The van der Waals surface area contributed by atoms with Gasteiger partial charge < -0.3 is 29.9 Å². The van der Waals surface area contributed by atoms with Gasteiger partial charge in [-0.1, -0.05) is 53.7 Å². The van der Waals surface area contributed by atoms with Crippen LogP contribution in [-0.2, 0) is 9.47 Å². The van der Waals surface area contributed by atoms with E-state index >= 15 is 0 Å². The highest BCUT2D eigenvalue weighted by molar-refractivity contribution is 5.21. The van der Waals surface area contributed by atoms with Crippen molar-refractivity contribution >= 4 is 0 Å². The molecule has 1 aliphatic heterocycles. The molecule has 6 nitrogen and oxygen atoms in total. The van der Waals surface area contributed by atoms with Gasteiger partial charge in [0, 0.05) is 0 Å². The lowest BCUT2D eigenvalue weighted by molar-refractivity contribution is -0.331. The van der Waals surface area contributed by atoms with Gasteiger partial charge in [-0.25, -0.2) is 0 Å². The summed E-state index contributed by atoms with van der Waals surface area (Å²) in [6.45, 7) is 21.6. The van der Waals surface area contributed by atoms with Crippen LogP contribution in [0.25, 0.3) is 0 Å². The van der Waals surface area contributed by atoms with Gasteiger partial charge in [-0.2, -0.15) is 0 Å². The summed E-state index contributed by atoms with van der Waals surface area (Å²) < 4.78 is 12.3. The van der Waals surface area contributed by atoms with E-state index in [-0.39, 0.29) is 16.9 Å². The van der Waals surface area contributed by atoms with E-state index in [1.807, 2.05) is 0 Å². The molecule has 1 saturated heterocycles. The number of aliphatic hydroxyl groups excluding tert-OH is 4. The Hall–Kier alpha value is -0.500. The highest BCUT2D eigenvalue weighted by atomic mass is 16.7. The minimum absolute atomic E-state index is 0.140. The third-order valence-electron chi connectivity index (χ3n) is 15.6. The van der Waals surface area contributed by atoms with Crippen molar-refractivity contribution in [3.8, 4) is 0 Å². The Balaban J connectivity index is 1.25. The molecule has 42 heavy (non-hydrogen) atoms. The lowest BCUT2D eigenvalue weighted by Crippen LogP contribution is -2.67. The van der Waals surface area contributed by atoms with Crippen LogP contribution in [0, 0.1) is 56.7 Å². The molecule has 6 aliphatic rings. The molecule has 5 saturated carbocycles. The van der Waals surface area contributed by atoms with Gasteiger partial charge in [0.15, 0.2) is 6.29 Å². The average molecular weight is 589 g/mol. The first-order valence-corrected chi connectivity index (χ1v) is 17.2. The molecule has 0 spiro atoms. The van der Waals surface area contributed by atoms with Crippen molar-refractivity contribution in [3.63, 3.8) is 0 Å². The Bertz CT molecular complexity index is 1060. The number of rotatable bonds is 4. The molecule has 4 N–H and O–H groups in total. The molecule has 0 amide bonds. The normalized spacial score (nSPS) is 57.0. The molecular weight excluding hydrogens is 528 g/mol. The smallest absolute Gasteiger partial charge is 0.186 e. The standard InChI is InChI=1S/C36H60O6/c1-20(2)21-11-14-33(5)17-18-35(7)22(27(21)33)9-10-25-34(6)15-13-26(32(3,4)24(34)12-16-36(25,35)8)42-31-30(40)29(39)28(38)23(19-37)41-31/h21-31,37-40H,1,9-19H2,2-8H3/t21-,22?,23+,24?,25?,26-,27?,28+,29-,30+,31-,33?,34-,35+,36+/m0/s1. The zero-order valence-electron chi connectivity index (χ0n) is 27.4. The van der Waals surface area contributed by atoms with Crippen molar-refractivity contribution < 1.29 is 29.9 Å². The molecule has 5 unspecified atom stereocenters. The molecule has 5 aliphatic carbocycles. The number of allylic oxidation sites excluding steroid dienone is 1. The van der Waals surface area contributed by atoms with Crippen LogP contribution < -0.4 is 0 Å². The van der Waals surface area contributed by atoms with Crippen LogP contribution in [0.2, 0.25) is 0 Å². The van der Waals surface area contributed by atoms with Crippen molar-refractivity contribution in [2.45, 2.75) is 149 Å². The largest absolute Gasteiger partial charge is 0.394 e. The van der Waals surface area contributed by atoms with Gasteiger partial charge in [0.25, 0.3) is 0 Å². The Kier molecular flexibility index (Phi) is 7.69. The zero-order valence-corrected chi connectivity index (χ0v) is 27.4. The molecule has 0 bridgehead atoms. The van der Waals surface area contributed by atoms with Crippen molar-refractivity contribution in [1.82, 2.24) is 0 Å². The monoisotopic (exact) mass is 588 g/mol. The molecular formula is C36H60O6. The van der Waals surface area contributed by atoms with Crippen molar-refractivity contribution in [3.05, 3.63) is 12.2 Å². The summed E-state index contributed by atoms with van der Waals surface area (Å²) in [7, 11) is 0. The maximum atomic E-state index is 10.7. The minimum atomic E-state index is -1.41. The number of hydrogen-bond donors (Lipinski definition) is 4. The van der Waals surface area contributed by atoms with Crippen LogP contribution in [0.15, 0.2) is 12.2 Å².